The molecule has 0 unspecified atom stereocenters. The number of rotatable bonds is 2. The molecule has 0 aliphatic carbocycles. The molecule has 3 aromatic carbocycles. The van der Waals surface area contributed by atoms with Crippen LogP contribution in [-0.2, 0) is 6.61 Å². The molecular weight excluding hydrogens is 284 g/mol. The Kier molecular flexibility index (Phi) is 4.09. The molecule has 3 rings (SSSR count). The molecule has 0 aromatic heterocycles. The molecule has 0 saturated carbocycles. The molecule has 4 N–H and O–H groups in total. The van der Waals surface area contributed by atoms with Crippen LogP contribution >= 0.6 is 0 Å². The molecule has 0 radical (unpaired) electrons. The van der Waals surface area contributed by atoms with Crippen LogP contribution in [0, 0.1) is 17.3 Å². The SMILES string of the molecule is N=C(N)c1ccc2cc(C#Cc3ccc(CO)cc3)ccc2c1. The molecule has 23 heavy (non-hydrogen) atoms. The summed E-state index contributed by atoms with van der Waals surface area (Å²) in [6.45, 7) is 0.0423. The van der Waals surface area contributed by atoms with E-state index in [9.17, 15) is 0 Å². The van der Waals surface area contributed by atoms with E-state index >= 15 is 0 Å². The number of nitrogen functional groups attached to an aromatic ring is 1. The van der Waals surface area contributed by atoms with Crippen LogP contribution in [0.1, 0.15) is 22.3 Å². The van der Waals surface area contributed by atoms with Crippen LogP contribution in [0.15, 0.2) is 60.7 Å². The van der Waals surface area contributed by atoms with Gasteiger partial charge < -0.3 is 10.8 Å². The van der Waals surface area contributed by atoms with Crippen molar-refractivity contribution < 1.29 is 5.11 Å². The van der Waals surface area contributed by atoms with Gasteiger partial charge in [-0.3, -0.25) is 5.41 Å². The van der Waals surface area contributed by atoms with E-state index in [-0.39, 0.29) is 12.4 Å². The Bertz CT molecular complexity index is 931. The lowest BCUT2D eigenvalue weighted by Gasteiger charge is -2.02. The minimum atomic E-state index is 0.0423. The van der Waals surface area contributed by atoms with Crippen molar-refractivity contribution in [2.45, 2.75) is 6.61 Å². The van der Waals surface area contributed by atoms with E-state index in [0.29, 0.717) is 0 Å². The second kappa shape index (κ2) is 6.35. The summed E-state index contributed by atoms with van der Waals surface area (Å²) in [5.41, 5.74) is 8.95. The molecule has 0 atom stereocenters. The smallest absolute Gasteiger partial charge is 0.122 e. The molecule has 3 nitrogen and oxygen atoms in total. The van der Waals surface area contributed by atoms with Crippen molar-refractivity contribution >= 4 is 16.6 Å². The number of nitrogens with one attached hydrogen (secondary N) is 1. The molecule has 0 saturated heterocycles. The average molecular weight is 300 g/mol. The van der Waals surface area contributed by atoms with Crippen LogP contribution in [0.25, 0.3) is 10.8 Å². The van der Waals surface area contributed by atoms with Gasteiger partial charge in [-0.2, -0.15) is 0 Å². The van der Waals surface area contributed by atoms with Crippen molar-refractivity contribution in [1.29, 1.82) is 5.41 Å². The van der Waals surface area contributed by atoms with Gasteiger partial charge in [-0.25, -0.2) is 0 Å². The average Bonchev–Trinajstić information content (AvgIpc) is 2.59. The zero-order valence-electron chi connectivity index (χ0n) is 12.5. The van der Waals surface area contributed by atoms with Crippen molar-refractivity contribution in [2.75, 3.05) is 0 Å². The van der Waals surface area contributed by atoms with Crippen molar-refractivity contribution in [3.8, 4) is 11.8 Å². The molecule has 0 aliphatic rings. The minimum absolute atomic E-state index is 0.0423. The lowest BCUT2D eigenvalue weighted by Crippen LogP contribution is -2.10. The molecule has 3 aromatic rings. The number of hydrogen-bond acceptors (Lipinski definition) is 2. The highest BCUT2D eigenvalue weighted by Crippen LogP contribution is 2.17. The van der Waals surface area contributed by atoms with Gasteiger partial charge in [0.15, 0.2) is 0 Å². The van der Waals surface area contributed by atoms with Crippen LogP contribution < -0.4 is 5.73 Å². The lowest BCUT2D eigenvalue weighted by molar-refractivity contribution is 0.282. The molecule has 112 valence electrons. The van der Waals surface area contributed by atoms with E-state index in [4.69, 9.17) is 16.2 Å². The summed E-state index contributed by atoms with van der Waals surface area (Å²) in [5.74, 6) is 6.34. The Hall–Kier alpha value is -3.09. The fourth-order valence-corrected chi connectivity index (χ4v) is 2.33. The van der Waals surface area contributed by atoms with Gasteiger partial charge in [0, 0.05) is 16.7 Å². The van der Waals surface area contributed by atoms with E-state index in [1.165, 1.54) is 0 Å². The Morgan fingerprint density at radius 1 is 0.870 bits per heavy atom. The first-order valence-electron chi connectivity index (χ1n) is 7.26. The van der Waals surface area contributed by atoms with Crippen molar-refractivity contribution in [1.82, 2.24) is 0 Å². The van der Waals surface area contributed by atoms with E-state index in [1.54, 1.807) is 0 Å². The lowest BCUT2D eigenvalue weighted by atomic mass is 10.0. The number of aliphatic hydroxyl groups excluding tert-OH is 1. The maximum atomic E-state index is 9.03. The van der Waals surface area contributed by atoms with E-state index < -0.39 is 0 Å². The highest BCUT2D eigenvalue weighted by molar-refractivity contribution is 5.99. The Morgan fingerprint density at radius 2 is 1.48 bits per heavy atom. The highest BCUT2D eigenvalue weighted by atomic mass is 16.3. The predicted octanol–water partition coefficient (Wildman–Crippen LogP) is 3.02. The van der Waals surface area contributed by atoms with Gasteiger partial charge in [0.2, 0.25) is 0 Å². The standard InChI is InChI=1S/C20H16N2O/c21-20(22)19-10-9-17-11-15(7-8-18(17)12-19)4-1-14-2-5-16(13-23)6-3-14/h2-3,5-12,23H,13H2,(H3,21,22). The number of benzene rings is 3. The van der Waals surface area contributed by atoms with Crippen LogP contribution in [0.5, 0.6) is 0 Å². The predicted molar refractivity (Wildman–Crippen MR) is 93.3 cm³/mol. The van der Waals surface area contributed by atoms with E-state index in [2.05, 4.69) is 11.8 Å². The Balaban J connectivity index is 1.90. The maximum absolute atomic E-state index is 9.03. The number of nitrogens with two attached hydrogens (primary N) is 1. The first kappa shape index (κ1) is 14.8. The van der Waals surface area contributed by atoms with Crippen molar-refractivity contribution in [3.63, 3.8) is 0 Å². The van der Waals surface area contributed by atoms with Gasteiger partial charge >= 0.3 is 0 Å². The summed E-state index contributed by atoms with van der Waals surface area (Å²) >= 11 is 0. The molecule has 0 fully saturated rings. The molecule has 0 aliphatic heterocycles. The van der Waals surface area contributed by atoms with Gasteiger partial charge in [0.25, 0.3) is 0 Å². The first-order chi connectivity index (χ1) is 11.2. The topological polar surface area (TPSA) is 70.1 Å². The van der Waals surface area contributed by atoms with E-state index in [1.807, 2.05) is 60.7 Å². The molecule has 0 spiro atoms. The summed E-state index contributed by atoms with van der Waals surface area (Å²) in [7, 11) is 0. The van der Waals surface area contributed by atoms with Crippen LogP contribution in [-0.4, -0.2) is 10.9 Å². The van der Waals surface area contributed by atoms with Gasteiger partial charge in [-0.15, -0.1) is 0 Å². The van der Waals surface area contributed by atoms with Crippen molar-refractivity contribution in [3.05, 3.63) is 82.9 Å². The zero-order valence-corrected chi connectivity index (χ0v) is 12.5. The van der Waals surface area contributed by atoms with Crippen LogP contribution in [0.4, 0.5) is 0 Å². The molecule has 0 heterocycles. The highest BCUT2D eigenvalue weighted by Gasteiger charge is 1.99. The Morgan fingerprint density at radius 3 is 2.17 bits per heavy atom. The molecule has 0 bridgehead atoms. The van der Waals surface area contributed by atoms with Crippen molar-refractivity contribution in [2.24, 2.45) is 5.73 Å². The summed E-state index contributed by atoms with van der Waals surface area (Å²) < 4.78 is 0. The summed E-state index contributed by atoms with van der Waals surface area (Å²) in [5, 5.41) is 18.6. The van der Waals surface area contributed by atoms with Gasteiger partial charge in [0.05, 0.1) is 6.61 Å². The van der Waals surface area contributed by atoms with Gasteiger partial charge in [-0.1, -0.05) is 42.2 Å². The van der Waals surface area contributed by atoms with Gasteiger partial charge in [0.1, 0.15) is 5.84 Å². The third-order valence-electron chi connectivity index (χ3n) is 3.64. The largest absolute Gasteiger partial charge is 0.392 e. The number of hydrogen-bond donors (Lipinski definition) is 3. The fraction of sp³-hybridized carbons (Fsp3) is 0.0500. The fourth-order valence-electron chi connectivity index (χ4n) is 2.33. The Labute approximate surface area is 134 Å². The quantitative estimate of drug-likeness (QED) is 0.387. The number of fused-ring (bicyclic) bond motifs is 1. The van der Waals surface area contributed by atoms with Crippen LogP contribution in [0.3, 0.4) is 0 Å². The summed E-state index contributed by atoms with van der Waals surface area (Å²) in [6, 6.07) is 19.2. The molecule has 3 heteroatoms. The second-order valence-electron chi connectivity index (χ2n) is 5.30. The molecule has 0 amide bonds. The zero-order chi connectivity index (χ0) is 16.2. The maximum Gasteiger partial charge on any atom is 0.122 e. The molecular formula is C20H16N2O. The monoisotopic (exact) mass is 300 g/mol. The third kappa shape index (κ3) is 3.39. The second-order valence-corrected chi connectivity index (χ2v) is 5.30. The normalized spacial score (nSPS) is 10.1. The number of amidine groups is 1. The minimum Gasteiger partial charge on any atom is -0.392 e. The van der Waals surface area contributed by atoms with Gasteiger partial charge in [-0.05, 0) is 46.7 Å². The van der Waals surface area contributed by atoms with E-state index in [0.717, 1.165) is 33.0 Å². The summed E-state index contributed by atoms with van der Waals surface area (Å²) in [6.07, 6.45) is 0. The van der Waals surface area contributed by atoms with Crippen LogP contribution in [0.2, 0.25) is 0 Å². The first-order valence-corrected chi connectivity index (χ1v) is 7.26. The summed E-state index contributed by atoms with van der Waals surface area (Å²) in [4.78, 5) is 0. The number of aliphatic hydroxyl groups is 1. The third-order valence-corrected chi connectivity index (χ3v) is 3.64.